The lowest BCUT2D eigenvalue weighted by molar-refractivity contribution is 0.101. The zero-order valence-corrected chi connectivity index (χ0v) is 16.4. The number of amides is 3. The van der Waals surface area contributed by atoms with Gasteiger partial charge in [-0.25, -0.2) is 14.0 Å². The first-order valence-electron chi connectivity index (χ1n) is 9.35. The van der Waals surface area contributed by atoms with Crippen molar-refractivity contribution in [2.45, 2.75) is 13.5 Å². The molecule has 0 bridgehead atoms. The minimum Gasteiger partial charge on any atom is -0.465 e. The molecule has 2 heterocycles. The number of rotatable bonds is 5. The Morgan fingerprint density at radius 3 is 2.43 bits per heavy atom. The number of ketones is 1. The smallest absolute Gasteiger partial charge is 0.407 e. The molecule has 0 aliphatic carbocycles. The molecule has 0 unspecified atom stereocenters. The molecular formula is C20H22FN5O4. The van der Waals surface area contributed by atoms with Gasteiger partial charge in [-0.05, 0) is 29.8 Å². The van der Waals surface area contributed by atoms with Crippen LogP contribution in [-0.4, -0.2) is 64.0 Å². The number of carboxylic acid groups (broad SMARTS) is 1. The highest BCUT2D eigenvalue weighted by atomic mass is 19.1. The normalized spacial score (nSPS) is 14.3. The Bertz CT molecular complexity index is 943. The summed E-state index contributed by atoms with van der Waals surface area (Å²) in [6, 6.07) is 6.85. The number of urea groups is 1. The van der Waals surface area contributed by atoms with Crippen LogP contribution in [-0.2, 0) is 6.54 Å². The third kappa shape index (κ3) is 5.51. The van der Waals surface area contributed by atoms with Gasteiger partial charge in [0.05, 0.1) is 17.6 Å². The van der Waals surface area contributed by atoms with E-state index in [9.17, 15) is 18.8 Å². The van der Waals surface area contributed by atoms with Crippen LogP contribution in [0.2, 0.25) is 0 Å². The minimum absolute atomic E-state index is 0.0301. The quantitative estimate of drug-likeness (QED) is 0.647. The molecule has 1 fully saturated rings. The Balaban J connectivity index is 1.59. The van der Waals surface area contributed by atoms with Crippen molar-refractivity contribution >= 4 is 29.3 Å². The predicted molar refractivity (Wildman–Crippen MR) is 108 cm³/mol. The second kappa shape index (κ2) is 9.31. The van der Waals surface area contributed by atoms with Crippen LogP contribution in [0.25, 0.3) is 0 Å². The lowest BCUT2D eigenvalue weighted by Crippen LogP contribution is -2.47. The fourth-order valence-electron chi connectivity index (χ4n) is 3.08. The molecular weight excluding hydrogens is 393 g/mol. The van der Waals surface area contributed by atoms with E-state index in [0.717, 1.165) is 5.56 Å². The topological polar surface area (TPSA) is 115 Å². The summed E-state index contributed by atoms with van der Waals surface area (Å²) in [5, 5.41) is 14.0. The number of carbonyl (C=O) groups is 3. The van der Waals surface area contributed by atoms with Crippen molar-refractivity contribution < 1.29 is 23.9 Å². The number of piperazine rings is 1. The van der Waals surface area contributed by atoms with Crippen LogP contribution in [0.5, 0.6) is 0 Å². The van der Waals surface area contributed by atoms with Gasteiger partial charge in [-0.15, -0.1) is 0 Å². The van der Waals surface area contributed by atoms with Crippen LogP contribution in [0.1, 0.15) is 23.0 Å². The highest BCUT2D eigenvalue weighted by Crippen LogP contribution is 2.19. The minimum atomic E-state index is -0.930. The number of pyridine rings is 1. The van der Waals surface area contributed by atoms with E-state index in [2.05, 4.69) is 20.5 Å². The molecule has 3 rings (SSSR count). The molecule has 3 amide bonds. The summed E-state index contributed by atoms with van der Waals surface area (Å²) in [6.45, 7) is 3.90. The number of anilines is 2. The number of nitrogens with one attached hydrogen (secondary N) is 2. The molecule has 1 saturated heterocycles. The summed E-state index contributed by atoms with van der Waals surface area (Å²) >= 11 is 0. The third-order valence-corrected chi connectivity index (χ3v) is 4.71. The molecule has 30 heavy (non-hydrogen) atoms. The molecule has 0 atom stereocenters. The maximum absolute atomic E-state index is 14.2. The van der Waals surface area contributed by atoms with E-state index in [-0.39, 0.29) is 17.2 Å². The van der Waals surface area contributed by atoms with Gasteiger partial charge >= 0.3 is 12.1 Å². The highest BCUT2D eigenvalue weighted by molar-refractivity contribution is 6.00. The van der Waals surface area contributed by atoms with Gasteiger partial charge in [0.25, 0.3) is 0 Å². The second-order valence-electron chi connectivity index (χ2n) is 6.93. The second-order valence-corrected chi connectivity index (χ2v) is 6.93. The lowest BCUT2D eigenvalue weighted by atomic mass is 10.1. The fraction of sp³-hybridized carbons (Fsp3) is 0.300. The van der Waals surface area contributed by atoms with Gasteiger partial charge < -0.3 is 20.6 Å². The standard InChI is InChI=1S/C20H22FN5O4/c1-13(27)17-5-3-15(11-22-17)23-19(28)24-18-10-14(2-4-16(18)21)12-25-6-8-26(9-7-25)20(29)30/h2-5,10-11H,6-9,12H2,1H3,(H,29,30)(H2,23,24,28). The van der Waals surface area contributed by atoms with Crippen molar-refractivity contribution in [2.24, 2.45) is 0 Å². The zero-order valence-electron chi connectivity index (χ0n) is 16.4. The molecule has 2 aromatic rings. The molecule has 9 nitrogen and oxygen atoms in total. The van der Waals surface area contributed by atoms with Crippen LogP contribution < -0.4 is 10.6 Å². The molecule has 3 N–H and O–H groups in total. The summed E-state index contributed by atoms with van der Waals surface area (Å²) in [5.41, 5.74) is 1.47. The lowest BCUT2D eigenvalue weighted by Gasteiger charge is -2.33. The number of Topliss-reactive ketones (excluding diaryl/α,β-unsaturated/α-hetero) is 1. The summed E-state index contributed by atoms with van der Waals surface area (Å²) in [5.74, 6) is -0.760. The van der Waals surface area contributed by atoms with Crippen LogP contribution in [0.15, 0.2) is 36.5 Å². The van der Waals surface area contributed by atoms with E-state index < -0.39 is 17.9 Å². The number of hydrogen-bond acceptors (Lipinski definition) is 5. The van der Waals surface area contributed by atoms with Gasteiger partial charge in [0.2, 0.25) is 0 Å². The monoisotopic (exact) mass is 415 g/mol. The summed E-state index contributed by atoms with van der Waals surface area (Å²) in [7, 11) is 0. The van der Waals surface area contributed by atoms with Crippen molar-refractivity contribution in [3.63, 3.8) is 0 Å². The van der Waals surface area contributed by atoms with Gasteiger partial charge in [0.1, 0.15) is 11.5 Å². The molecule has 0 saturated carbocycles. The maximum Gasteiger partial charge on any atom is 0.407 e. The van der Waals surface area contributed by atoms with E-state index in [1.807, 2.05) is 0 Å². The highest BCUT2D eigenvalue weighted by Gasteiger charge is 2.20. The number of halogens is 1. The molecule has 1 aromatic carbocycles. The van der Waals surface area contributed by atoms with E-state index in [0.29, 0.717) is 38.4 Å². The zero-order chi connectivity index (χ0) is 21.7. The number of carbonyl (C=O) groups excluding carboxylic acids is 2. The number of benzene rings is 1. The fourth-order valence-corrected chi connectivity index (χ4v) is 3.08. The Labute approximate surface area is 172 Å². The summed E-state index contributed by atoms with van der Waals surface area (Å²) < 4.78 is 14.2. The van der Waals surface area contributed by atoms with Gasteiger partial charge in [-0.1, -0.05) is 6.07 Å². The Kier molecular flexibility index (Phi) is 6.58. The van der Waals surface area contributed by atoms with Crippen molar-refractivity contribution in [3.05, 3.63) is 53.6 Å². The Morgan fingerprint density at radius 2 is 1.83 bits per heavy atom. The van der Waals surface area contributed by atoms with Crippen LogP contribution >= 0.6 is 0 Å². The van der Waals surface area contributed by atoms with Gasteiger partial charge in [0, 0.05) is 39.6 Å². The largest absolute Gasteiger partial charge is 0.465 e. The number of hydrogen-bond donors (Lipinski definition) is 3. The van der Waals surface area contributed by atoms with E-state index in [1.165, 1.54) is 36.2 Å². The molecule has 1 aromatic heterocycles. The molecule has 158 valence electrons. The molecule has 0 radical (unpaired) electrons. The molecule has 1 aliphatic heterocycles. The Hall–Kier alpha value is -3.53. The summed E-state index contributed by atoms with van der Waals surface area (Å²) in [4.78, 5) is 41.8. The molecule has 1 aliphatic rings. The average molecular weight is 415 g/mol. The van der Waals surface area contributed by atoms with E-state index in [1.54, 1.807) is 12.1 Å². The van der Waals surface area contributed by atoms with Gasteiger partial charge in [-0.3, -0.25) is 14.7 Å². The first kappa shape index (κ1) is 21.2. The number of aromatic nitrogens is 1. The molecule has 10 heteroatoms. The predicted octanol–water partition coefficient (Wildman–Crippen LogP) is 2.86. The number of nitrogens with zero attached hydrogens (tertiary/aromatic N) is 3. The van der Waals surface area contributed by atoms with Crippen molar-refractivity contribution in [1.82, 2.24) is 14.8 Å². The maximum atomic E-state index is 14.2. The first-order valence-corrected chi connectivity index (χ1v) is 9.35. The van der Waals surface area contributed by atoms with Gasteiger partial charge in [-0.2, -0.15) is 0 Å². The Morgan fingerprint density at radius 1 is 1.10 bits per heavy atom. The van der Waals surface area contributed by atoms with Crippen LogP contribution in [0.3, 0.4) is 0 Å². The summed E-state index contributed by atoms with van der Waals surface area (Å²) in [6.07, 6.45) is 0.417. The SMILES string of the molecule is CC(=O)c1ccc(NC(=O)Nc2cc(CN3CCN(C(=O)O)CC3)ccc2F)cn1. The van der Waals surface area contributed by atoms with Crippen molar-refractivity contribution in [1.29, 1.82) is 0 Å². The van der Waals surface area contributed by atoms with Crippen molar-refractivity contribution in [2.75, 3.05) is 36.8 Å². The van der Waals surface area contributed by atoms with Crippen LogP contribution in [0.4, 0.5) is 25.4 Å². The van der Waals surface area contributed by atoms with E-state index >= 15 is 0 Å². The van der Waals surface area contributed by atoms with E-state index in [4.69, 9.17) is 5.11 Å². The van der Waals surface area contributed by atoms with Crippen LogP contribution in [0, 0.1) is 5.82 Å². The molecule has 0 spiro atoms. The van der Waals surface area contributed by atoms with Crippen molar-refractivity contribution in [3.8, 4) is 0 Å². The third-order valence-electron chi connectivity index (χ3n) is 4.71. The average Bonchev–Trinajstić information content (AvgIpc) is 2.71. The first-order chi connectivity index (χ1) is 14.3. The van der Waals surface area contributed by atoms with Gasteiger partial charge in [0.15, 0.2) is 5.78 Å².